The highest BCUT2D eigenvalue weighted by molar-refractivity contribution is 5.88. The van der Waals surface area contributed by atoms with Crippen molar-refractivity contribution in [1.29, 1.82) is 0 Å². The number of nitrogens with zero attached hydrogens (tertiary/aromatic N) is 2. The molecule has 1 heterocycles. The van der Waals surface area contributed by atoms with Crippen molar-refractivity contribution in [2.45, 2.75) is 19.3 Å². The summed E-state index contributed by atoms with van der Waals surface area (Å²) in [5, 5.41) is 4.58. The minimum atomic E-state index is 0.667. The molecule has 2 unspecified atom stereocenters. The molecule has 1 fully saturated rings. The number of rotatable bonds is 4. The number of nitrogens with one attached hydrogen (secondary N) is 1. The number of hydrogen-bond donors (Lipinski definition) is 2. The van der Waals surface area contributed by atoms with Gasteiger partial charge in [0.05, 0.1) is 5.52 Å². The monoisotopic (exact) mass is 256 g/mol. The first-order chi connectivity index (χ1) is 9.38. The minimum absolute atomic E-state index is 0.667. The minimum Gasteiger partial charge on any atom is -0.369 e. The van der Waals surface area contributed by atoms with Gasteiger partial charge in [-0.1, -0.05) is 18.6 Å². The third-order valence-corrected chi connectivity index (χ3v) is 4.19. The van der Waals surface area contributed by atoms with Gasteiger partial charge in [0, 0.05) is 11.9 Å². The highest BCUT2D eigenvalue weighted by atomic mass is 15.0. The largest absolute Gasteiger partial charge is 0.369 e. The van der Waals surface area contributed by atoms with Gasteiger partial charge in [0.25, 0.3) is 0 Å². The summed E-state index contributed by atoms with van der Waals surface area (Å²) in [6.45, 7) is 1.76. The van der Waals surface area contributed by atoms with E-state index in [0.29, 0.717) is 11.8 Å². The van der Waals surface area contributed by atoms with Crippen LogP contribution in [0.15, 0.2) is 30.6 Å². The Hall–Kier alpha value is -1.68. The third-order valence-electron chi connectivity index (χ3n) is 4.19. The van der Waals surface area contributed by atoms with Crippen molar-refractivity contribution in [2.75, 3.05) is 18.4 Å². The second kappa shape index (κ2) is 5.53. The van der Waals surface area contributed by atoms with E-state index in [0.717, 1.165) is 29.8 Å². The summed E-state index contributed by atoms with van der Waals surface area (Å²) in [6.07, 6.45) is 5.48. The lowest BCUT2D eigenvalue weighted by Gasteiger charge is -2.19. The Balaban J connectivity index is 1.75. The molecule has 0 radical (unpaired) electrons. The number of fused-ring (bicyclic) bond motifs is 1. The normalized spacial score (nSPS) is 22.8. The molecule has 0 bridgehead atoms. The van der Waals surface area contributed by atoms with E-state index < -0.39 is 0 Å². The first kappa shape index (κ1) is 12.4. The van der Waals surface area contributed by atoms with Gasteiger partial charge in [-0.15, -0.1) is 0 Å². The number of para-hydroxylation sites is 1. The van der Waals surface area contributed by atoms with Crippen LogP contribution in [-0.4, -0.2) is 23.1 Å². The quantitative estimate of drug-likeness (QED) is 0.881. The molecular formula is C15H20N4. The molecule has 1 aliphatic rings. The molecule has 4 nitrogen and oxygen atoms in total. The van der Waals surface area contributed by atoms with Crippen molar-refractivity contribution >= 4 is 16.7 Å². The maximum Gasteiger partial charge on any atom is 0.137 e. The van der Waals surface area contributed by atoms with E-state index in [1.54, 1.807) is 6.33 Å². The topological polar surface area (TPSA) is 63.8 Å². The maximum atomic E-state index is 5.83. The lowest BCUT2D eigenvalue weighted by atomic mass is 9.96. The second-order valence-corrected chi connectivity index (χ2v) is 5.31. The molecule has 3 N–H and O–H groups in total. The number of benzene rings is 1. The van der Waals surface area contributed by atoms with Gasteiger partial charge in [-0.2, -0.15) is 0 Å². The SMILES string of the molecule is NCC1CCCC1CNc1ncnc2ccccc12. The van der Waals surface area contributed by atoms with Crippen LogP contribution in [0.2, 0.25) is 0 Å². The van der Waals surface area contributed by atoms with Gasteiger partial charge in [-0.05, 0) is 43.4 Å². The average Bonchev–Trinajstić information content (AvgIpc) is 2.92. The van der Waals surface area contributed by atoms with E-state index >= 15 is 0 Å². The molecule has 1 aliphatic carbocycles. The van der Waals surface area contributed by atoms with Crippen LogP contribution in [0.25, 0.3) is 10.9 Å². The molecular weight excluding hydrogens is 236 g/mol. The van der Waals surface area contributed by atoms with Crippen molar-refractivity contribution in [3.05, 3.63) is 30.6 Å². The Kier molecular flexibility index (Phi) is 3.60. The van der Waals surface area contributed by atoms with Crippen molar-refractivity contribution in [2.24, 2.45) is 17.6 Å². The summed E-state index contributed by atoms with van der Waals surface area (Å²) in [5.74, 6) is 2.28. The Labute approximate surface area is 113 Å². The highest BCUT2D eigenvalue weighted by Crippen LogP contribution is 2.31. The van der Waals surface area contributed by atoms with Crippen molar-refractivity contribution in [3.63, 3.8) is 0 Å². The van der Waals surface area contributed by atoms with E-state index in [1.807, 2.05) is 18.2 Å². The standard InChI is InChI=1S/C15H20N4/c16-8-11-4-3-5-12(11)9-17-15-13-6-1-2-7-14(13)18-10-19-15/h1-2,6-7,10-12H,3-5,8-9,16H2,(H,17,18,19). The van der Waals surface area contributed by atoms with Crippen LogP contribution >= 0.6 is 0 Å². The molecule has 1 aromatic carbocycles. The van der Waals surface area contributed by atoms with E-state index in [1.165, 1.54) is 19.3 Å². The predicted octanol–water partition coefficient (Wildman–Crippen LogP) is 2.42. The predicted molar refractivity (Wildman–Crippen MR) is 77.9 cm³/mol. The number of anilines is 1. The number of nitrogens with two attached hydrogens (primary N) is 1. The van der Waals surface area contributed by atoms with Gasteiger partial charge in [0.2, 0.25) is 0 Å². The van der Waals surface area contributed by atoms with Crippen molar-refractivity contribution in [1.82, 2.24) is 9.97 Å². The fraction of sp³-hybridized carbons (Fsp3) is 0.467. The lowest BCUT2D eigenvalue weighted by Crippen LogP contribution is -2.24. The molecule has 19 heavy (non-hydrogen) atoms. The molecule has 0 amide bonds. The molecule has 100 valence electrons. The summed E-state index contributed by atoms with van der Waals surface area (Å²) in [5.41, 5.74) is 6.82. The zero-order valence-corrected chi connectivity index (χ0v) is 11.0. The summed E-state index contributed by atoms with van der Waals surface area (Å²) in [7, 11) is 0. The van der Waals surface area contributed by atoms with Gasteiger partial charge in [-0.25, -0.2) is 9.97 Å². The second-order valence-electron chi connectivity index (χ2n) is 5.31. The van der Waals surface area contributed by atoms with Gasteiger partial charge < -0.3 is 11.1 Å². The van der Waals surface area contributed by atoms with E-state index in [2.05, 4.69) is 21.4 Å². The van der Waals surface area contributed by atoms with E-state index in [9.17, 15) is 0 Å². The zero-order valence-electron chi connectivity index (χ0n) is 11.0. The number of aromatic nitrogens is 2. The number of hydrogen-bond acceptors (Lipinski definition) is 4. The lowest BCUT2D eigenvalue weighted by molar-refractivity contribution is 0.414. The van der Waals surface area contributed by atoms with Crippen molar-refractivity contribution in [3.8, 4) is 0 Å². The van der Waals surface area contributed by atoms with Crippen LogP contribution in [-0.2, 0) is 0 Å². The fourth-order valence-corrected chi connectivity index (χ4v) is 3.07. The summed E-state index contributed by atoms with van der Waals surface area (Å²) in [6, 6.07) is 8.10. The van der Waals surface area contributed by atoms with Crippen LogP contribution in [0.5, 0.6) is 0 Å². The molecule has 4 heteroatoms. The summed E-state index contributed by atoms with van der Waals surface area (Å²) < 4.78 is 0. The van der Waals surface area contributed by atoms with Crippen molar-refractivity contribution < 1.29 is 0 Å². The smallest absolute Gasteiger partial charge is 0.137 e. The maximum absolute atomic E-state index is 5.83. The summed E-state index contributed by atoms with van der Waals surface area (Å²) >= 11 is 0. The average molecular weight is 256 g/mol. The zero-order chi connectivity index (χ0) is 13.1. The highest BCUT2D eigenvalue weighted by Gasteiger charge is 2.25. The Bertz CT molecular complexity index is 549. The van der Waals surface area contributed by atoms with Gasteiger partial charge in [0.15, 0.2) is 0 Å². The molecule has 1 saturated carbocycles. The summed E-state index contributed by atoms with van der Waals surface area (Å²) in [4.78, 5) is 8.65. The first-order valence-electron chi connectivity index (χ1n) is 7.02. The van der Waals surface area contributed by atoms with Gasteiger partial charge in [-0.3, -0.25) is 0 Å². The fourth-order valence-electron chi connectivity index (χ4n) is 3.07. The first-order valence-corrected chi connectivity index (χ1v) is 7.02. The van der Waals surface area contributed by atoms with E-state index in [4.69, 9.17) is 5.73 Å². The molecule has 3 rings (SSSR count). The molecule has 0 aliphatic heterocycles. The Morgan fingerprint density at radius 3 is 2.89 bits per heavy atom. The Morgan fingerprint density at radius 2 is 2.00 bits per heavy atom. The van der Waals surface area contributed by atoms with Crippen LogP contribution < -0.4 is 11.1 Å². The molecule has 0 saturated heterocycles. The van der Waals surface area contributed by atoms with Crippen LogP contribution in [0.4, 0.5) is 5.82 Å². The third kappa shape index (κ3) is 2.54. The molecule has 2 atom stereocenters. The van der Waals surface area contributed by atoms with E-state index in [-0.39, 0.29) is 0 Å². The molecule has 0 spiro atoms. The van der Waals surface area contributed by atoms with Gasteiger partial charge in [0.1, 0.15) is 12.1 Å². The molecule has 1 aromatic heterocycles. The Morgan fingerprint density at radius 1 is 1.16 bits per heavy atom. The molecule has 2 aromatic rings. The van der Waals surface area contributed by atoms with Crippen LogP contribution in [0.3, 0.4) is 0 Å². The van der Waals surface area contributed by atoms with Crippen LogP contribution in [0, 0.1) is 11.8 Å². The van der Waals surface area contributed by atoms with Crippen LogP contribution in [0.1, 0.15) is 19.3 Å². The van der Waals surface area contributed by atoms with Gasteiger partial charge >= 0.3 is 0 Å².